The zero-order chi connectivity index (χ0) is 21.7. The van der Waals surface area contributed by atoms with E-state index in [-0.39, 0.29) is 5.92 Å². The van der Waals surface area contributed by atoms with Crippen LogP contribution >= 0.6 is 0 Å². The summed E-state index contributed by atoms with van der Waals surface area (Å²) < 4.78 is 5.32. The first-order valence-electron chi connectivity index (χ1n) is 11.9. The molecule has 30 heavy (non-hydrogen) atoms. The molecule has 2 atom stereocenters. The summed E-state index contributed by atoms with van der Waals surface area (Å²) in [6.07, 6.45) is 6.29. The van der Waals surface area contributed by atoms with Gasteiger partial charge in [-0.05, 0) is 73.0 Å². The molecule has 3 nitrogen and oxygen atoms in total. The number of benzene rings is 2. The van der Waals surface area contributed by atoms with Gasteiger partial charge in [-0.1, -0.05) is 52.3 Å². The van der Waals surface area contributed by atoms with Crippen LogP contribution in [0.1, 0.15) is 70.2 Å². The average molecular weight is 410 g/mol. The first kappa shape index (κ1) is 22.8. The number of rotatable bonds is 6. The van der Waals surface area contributed by atoms with E-state index in [2.05, 4.69) is 36.9 Å². The Labute approximate surface area is 182 Å². The van der Waals surface area contributed by atoms with Gasteiger partial charge in [0.15, 0.2) is 5.78 Å². The van der Waals surface area contributed by atoms with Crippen LogP contribution in [0, 0.1) is 17.8 Å². The Hall–Kier alpha value is -1.87. The molecule has 4 rings (SSSR count). The van der Waals surface area contributed by atoms with Crippen LogP contribution in [-0.4, -0.2) is 36.9 Å². The maximum absolute atomic E-state index is 13.6. The summed E-state index contributed by atoms with van der Waals surface area (Å²) in [6.45, 7) is 10.7. The number of piperidine rings is 1. The van der Waals surface area contributed by atoms with E-state index >= 15 is 0 Å². The summed E-state index contributed by atoms with van der Waals surface area (Å²) in [7, 11) is 1.69. The highest BCUT2D eigenvalue weighted by Crippen LogP contribution is 2.36. The molecule has 2 aromatic rings. The van der Waals surface area contributed by atoms with Crippen molar-refractivity contribution in [2.75, 3.05) is 20.2 Å². The minimum Gasteiger partial charge on any atom is -0.497 e. The molecule has 1 heterocycles. The summed E-state index contributed by atoms with van der Waals surface area (Å²) in [5.74, 6) is 2.47. The molecule has 2 aromatic carbocycles. The molecule has 1 aliphatic carbocycles. The van der Waals surface area contributed by atoms with Crippen molar-refractivity contribution in [3.05, 3.63) is 42.0 Å². The fourth-order valence-electron chi connectivity index (χ4n) is 5.01. The number of ketones is 1. The fourth-order valence-corrected chi connectivity index (χ4v) is 5.01. The van der Waals surface area contributed by atoms with Crippen molar-refractivity contribution in [3.8, 4) is 5.75 Å². The molecule has 3 heteroatoms. The third-order valence-electron chi connectivity index (χ3n) is 6.82. The highest BCUT2D eigenvalue weighted by Gasteiger charge is 2.38. The van der Waals surface area contributed by atoms with Crippen LogP contribution in [0.4, 0.5) is 0 Å². The molecular formula is C27H39NO2. The van der Waals surface area contributed by atoms with Gasteiger partial charge in [-0.15, -0.1) is 0 Å². The van der Waals surface area contributed by atoms with E-state index in [9.17, 15) is 4.79 Å². The number of methoxy groups -OCH3 is 1. The van der Waals surface area contributed by atoms with E-state index < -0.39 is 0 Å². The van der Waals surface area contributed by atoms with Crippen molar-refractivity contribution in [1.29, 1.82) is 0 Å². The number of nitrogens with zero attached hydrogens (tertiary/aromatic N) is 1. The molecule has 0 radical (unpaired) electrons. The lowest BCUT2D eigenvalue weighted by atomic mass is 9.75. The molecule has 0 bridgehead atoms. The second-order valence-corrected chi connectivity index (χ2v) is 9.16. The van der Waals surface area contributed by atoms with Gasteiger partial charge in [0.2, 0.25) is 0 Å². The zero-order valence-electron chi connectivity index (χ0n) is 19.5. The first-order chi connectivity index (χ1) is 14.5. The van der Waals surface area contributed by atoms with E-state index in [0.29, 0.717) is 17.6 Å². The van der Waals surface area contributed by atoms with Crippen LogP contribution in [0.3, 0.4) is 0 Å². The molecule has 0 spiro atoms. The number of Topliss-reactive ketones (excluding diaryl/α,β-unsaturated/α-hetero) is 1. The van der Waals surface area contributed by atoms with Crippen LogP contribution in [-0.2, 0) is 0 Å². The van der Waals surface area contributed by atoms with E-state index in [0.717, 1.165) is 47.5 Å². The van der Waals surface area contributed by atoms with E-state index in [1.165, 1.54) is 25.8 Å². The van der Waals surface area contributed by atoms with Crippen LogP contribution in [0.15, 0.2) is 36.4 Å². The van der Waals surface area contributed by atoms with E-state index in [1.807, 2.05) is 32.0 Å². The molecule has 2 fully saturated rings. The van der Waals surface area contributed by atoms with Crippen LogP contribution in [0.5, 0.6) is 5.75 Å². The maximum atomic E-state index is 13.6. The number of ether oxygens (including phenoxy) is 1. The maximum Gasteiger partial charge on any atom is 0.167 e. The van der Waals surface area contributed by atoms with Gasteiger partial charge in [-0.2, -0.15) is 0 Å². The van der Waals surface area contributed by atoms with Crippen molar-refractivity contribution in [3.63, 3.8) is 0 Å². The Morgan fingerprint density at radius 3 is 2.40 bits per heavy atom. The highest BCUT2D eigenvalue weighted by molar-refractivity contribution is 6.01. The smallest absolute Gasteiger partial charge is 0.167 e. The Bertz CT molecular complexity index is 840. The second kappa shape index (κ2) is 10.4. The number of carbonyl (C=O) groups excluding carboxylic acids is 1. The molecule has 1 aliphatic heterocycles. The number of hydrogen-bond acceptors (Lipinski definition) is 3. The van der Waals surface area contributed by atoms with Crippen molar-refractivity contribution in [2.24, 2.45) is 17.8 Å². The normalized spacial score (nSPS) is 22.3. The summed E-state index contributed by atoms with van der Waals surface area (Å²) in [4.78, 5) is 16.2. The zero-order valence-corrected chi connectivity index (χ0v) is 19.5. The Balaban J connectivity index is 0.00000124. The van der Waals surface area contributed by atoms with Gasteiger partial charge in [-0.25, -0.2) is 0 Å². The van der Waals surface area contributed by atoms with Gasteiger partial charge in [0, 0.05) is 24.1 Å². The first-order valence-corrected chi connectivity index (χ1v) is 11.9. The molecule has 0 amide bonds. The number of fused-ring (bicyclic) bond motifs is 1. The van der Waals surface area contributed by atoms with Gasteiger partial charge in [0.25, 0.3) is 0 Å². The van der Waals surface area contributed by atoms with Gasteiger partial charge < -0.3 is 4.74 Å². The van der Waals surface area contributed by atoms with Gasteiger partial charge in [-0.3, -0.25) is 9.69 Å². The Morgan fingerprint density at radius 1 is 1.07 bits per heavy atom. The molecular weight excluding hydrogens is 370 g/mol. The van der Waals surface area contributed by atoms with E-state index in [1.54, 1.807) is 7.11 Å². The van der Waals surface area contributed by atoms with Gasteiger partial charge in [0.05, 0.1) is 7.11 Å². The summed E-state index contributed by atoms with van der Waals surface area (Å²) in [5, 5.41) is 2.23. The predicted molar refractivity (Wildman–Crippen MR) is 126 cm³/mol. The van der Waals surface area contributed by atoms with Crippen molar-refractivity contribution < 1.29 is 9.53 Å². The lowest BCUT2D eigenvalue weighted by Crippen LogP contribution is -2.50. The third-order valence-corrected chi connectivity index (χ3v) is 6.82. The van der Waals surface area contributed by atoms with E-state index in [4.69, 9.17) is 4.74 Å². The number of hydrogen-bond donors (Lipinski definition) is 0. The summed E-state index contributed by atoms with van der Waals surface area (Å²) in [6, 6.07) is 12.9. The average Bonchev–Trinajstić information content (AvgIpc) is 2.73. The standard InChI is InChI=1S/C25H33NO2.C2H6/c1-17(2)13-20-11-12-26(22-5-4-6-22)16-24(20)25(27)21-8-7-19-15-23(28-3)10-9-18(19)14-21;1-2/h7-10,14-15,17,20,22,24H,4-6,11-13,16H2,1-3H3;1-2H3/t20-,24-;/m1./s1. The molecule has 2 aliphatic rings. The van der Waals surface area contributed by atoms with Crippen LogP contribution in [0.2, 0.25) is 0 Å². The molecule has 1 saturated carbocycles. The summed E-state index contributed by atoms with van der Waals surface area (Å²) in [5.41, 5.74) is 0.867. The SMILES string of the molecule is CC.COc1ccc2cc(C(=O)[C@@H]3CN(C4CCC4)CC[C@@H]3CC(C)C)ccc2c1. The molecule has 164 valence electrons. The number of carbonyl (C=O) groups is 1. The third kappa shape index (κ3) is 5.06. The number of likely N-dealkylation sites (tertiary alicyclic amines) is 1. The van der Waals surface area contributed by atoms with Crippen molar-refractivity contribution in [1.82, 2.24) is 4.90 Å². The monoisotopic (exact) mass is 409 g/mol. The Morgan fingerprint density at radius 2 is 1.77 bits per heavy atom. The van der Waals surface area contributed by atoms with Gasteiger partial charge >= 0.3 is 0 Å². The minimum atomic E-state index is 0.132. The van der Waals surface area contributed by atoms with Crippen LogP contribution in [0.25, 0.3) is 10.8 Å². The van der Waals surface area contributed by atoms with Crippen molar-refractivity contribution >= 4 is 16.6 Å². The second-order valence-electron chi connectivity index (χ2n) is 9.16. The molecule has 0 aromatic heterocycles. The van der Waals surface area contributed by atoms with Crippen molar-refractivity contribution in [2.45, 2.75) is 65.8 Å². The molecule has 0 N–H and O–H groups in total. The lowest BCUT2D eigenvalue weighted by molar-refractivity contribution is 0.0365. The van der Waals surface area contributed by atoms with Gasteiger partial charge in [0.1, 0.15) is 5.75 Å². The highest BCUT2D eigenvalue weighted by atomic mass is 16.5. The minimum absolute atomic E-state index is 0.132. The Kier molecular flexibility index (Phi) is 7.93. The lowest BCUT2D eigenvalue weighted by Gasteiger charge is -2.45. The molecule has 1 saturated heterocycles. The van der Waals surface area contributed by atoms with Crippen LogP contribution < -0.4 is 4.74 Å². The molecule has 0 unspecified atom stereocenters. The predicted octanol–water partition coefficient (Wildman–Crippen LogP) is 6.59. The fraction of sp³-hybridized carbons (Fsp3) is 0.593. The quantitative estimate of drug-likeness (QED) is 0.504. The topological polar surface area (TPSA) is 29.5 Å². The largest absolute Gasteiger partial charge is 0.497 e. The summed E-state index contributed by atoms with van der Waals surface area (Å²) >= 11 is 0.